The quantitative estimate of drug-likeness (QED) is 0.603. The standard InChI is InChI=1S/C17H14F5N3O/c1-3-25-15-14(9(2)24-25)12(17(20,21)22)8-13(23-15)10-5-4-6-11(7-10)26-16(18)19/h4-8,16H,3H2,1-2H3. The molecule has 0 N–H and O–H groups in total. The van der Waals surface area contributed by atoms with Crippen LogP contribution in [-0.4, -0.2) is 21.4 Å². The summed E-state index contributed by atoms with van der Waals surface area (Å²) in [5, 5.41) is 4.04. The first kappa shape index (κ1) is 18.1. The molecule has 0 aliphatic rings. The molecule has 2 heterocycles. The summed E-state index contributed by atoms with van der Waals surface area (Å²) in [7, 11) is 0. The fourth-order valence-electron chi connectivity index (χ4n) is 2.78. The number of aryl methyl sites for hydroxylation is 2. The van der Waals surface area contributed by atoms with E-state index < -0.39 is 18.4 Å². The zero-order chi connectivity index (χ0) is 19.1. The SMILES string of the molecule is CCn1nc(C)c2c(C(F)(F)F)cc(-c3cccc(OC(F)F)c3)nc21. The molecule has 0 saturated carbocycles. The Morgan fingerprint density at radius 3 is 2.54 bits per heavy atom. The average Bonchev–Trinajstić information content (AvgIpc) is 2.89. The minimum atomic E-state index is -4.61. The maximum atomic E-state index is 13.6. The lowest BCUT2D eigenvalue weighted by Crippen LogP contribution is -2.08. The third-order valence-corrected chi connectivity index (χ3v) is 3.84. The zero-order valence-corrected chi connectivity index (χ0v) is 13.8. The number of halogens is 5. The minimum Gasteiger partial charge on any atom is -0.435 e. The molecule has 0 bridgehead atoms. The zero-order valence-electron chi connectivity index (χ0n) is 13.8. The maximum Gasteiger partial charge on any atom is 0.417 e. The van der Waals surface area contributed by atoms with Gasteiger partial charge in [0.05, 0.1) is 22.3 Å². The van der Waals surface area contributed by atoms with Crippen molar-refractivity contribution in [3.8, 4) is 17.0 Å². The van der Waals surface area contributed by atoms with Crippen LogP contribution in [0.2, 0.25) is 0 Å². The summed E-state index contributed by atoms with van der Waals surface area (Å²) < 4.78 is 71.2. The molecule has 0 saturated heterocycles. The van der Waals surface area contributed by atoms with E-state index in [2.05, 4.69) is 14.8 Å². The normalized spacial score (nSPS) is 12.2. The number of ether oxygens (including phenoxy) is 1. The molecule has 0 fully saturated rings. The summed E-state index contributed by atoms with van der Waals surface area (Å²) in [5.74, 6) is -0.159. The molecule has 0 atom stereocenters. The largest absolute Gasteiger partial charge is 0.435 e. The van der Waals surface area contributed by atoms with Gasteiger partial charge in [0.1, 0.15) is 5.75 Å². The first-order chi connectivity index (χ1) is 12.2. The van der Waals surface area contributed by atoms with E-state index in [-0.39, 0.29) is 33.7 Å². The lowest BCUT2D eigenvalue weighted by molar-refractivity contribution is -0.136. The number of hydrogen-bond acceptors (Lipinski definition) is 3. The number of alkyl halides is 5. The molecule has 0 unspecified atom stereocenters. The van der Waals surface area contributed by atoms with Gasteiger partial charge in [0, 0.05) is 12.1 Å². The molecule has 4 nitrogen and oxygen atoms in total. The van der Waals surface area contributed by atoms with E-state index in [1.165, 1.54) is 35.9 Å². The van der Waals surface area contributed by atoms with Crippen molar-refractivity contribution >= 4 is 11.0 Å². The lowest BCUT2D eigenvalue weighted by atomic mass is 10.0. The second kappa shape index (κ2) is 6.54. The average molecular weight is 371 g/mol. The molecule has 0 radical (unpaired) electrons. The van der Waals surface area contributed by atoms with Gasteiger partial charge in [-0.05, 0) is 32.0 Å². The van der Waals surface area contributed by atoms with Crippen molar-refractivity contribution in [2.24, 2.45) is 0 Å². The monoisotopic (exact) mass is 371 g/mol. The van der Waals surface area contributed by atoms with Crippen molar-refractivity contribution in [3.63, 3.8) is 0 Å². The van der Waals surface area contributed by atoms with E-state index >= 15 is 0 Å². The van der Waals surface area contributed by atoms with Crippen LogP contribution in [0, 0.1) is 6.92 Å². The first-order valence-corrected chi connectivity index (χ1v) is 7.71. The summed E-state index contributed by atoms with van der Waals surface area (Å²) >= 11 is 0. The van der Waals surface area contributed by atoms with E-state index in [4.69, 9.17) is 0 Å². The molecule has 9 heteroatoms. The lowest BCUT2D eigenvalue weighted by Gasteiger charge is -2.12. The molecule has 26 heavy (non-hydrogen) atoms. The van der Waals surface area contributed by atoms with Gasteiger partial charge in [0.15, 0.2) is 5.65 Å². The Balaban J connectivity index is 2.24. The molecular formula is C17H14F5N3O. The minimum absolute atomic E-state index is 0.000795. The van der Waals surface area contributed by atoms with E-state index in [1.807, 2.05) is 0 Å². The molecule has 0 aliphatic carbocycles. The van der Waals surface area contributed by atoms with Gasteiger partial charge in [-0.25, -0.2) is 9.67 Å². The van der Waals surface area contributed by atoms with E-state index in [0.29, 0.717) is 6.54 Å². The molecule has 0 amide bonds. The molecule has 1 aromatic carbocycles. The number of rotatable bonds is 4. The van der Waals surface area contributed by atoms with Crippen LogP contribution in [0.5, 0.6) is 5.75 Å². The highest BCUT2D eigenvalue weighted by atomic mass is 19.4. The van der Waals surface area contributed by atoms with Crippen LogP contribution in [0.1, 0.15) is 18.2 Å². The second-order valence-corrected chi connectivity index (χ2v) is 5.56. The van der Waals surface area contributed by atoms with Crippen molar-refractivity contribution in [2.75, 3.05) is 0 Å². The smallest absolute Gasteiger partial charge is 0.417 e. The van der Waals surface area contributed by atoms with Gasteiger partial charge < -0.3 is 4.74 Å². The van der Waals surface area contributed by atoms with Crippen LogP contribution in [0.25, 0.3) is 22.3 Å². The Bertz CT molecular complexity index is 949. The van der Waals surface area contributed by atoms with Crippen LogP contribution < -0.4 is 4.74 Å². The highest BCUT2D eigenvalue weighted by molar-refractivity contribution is 5.85. The Hall–Kier alpha value is -2.71. The number of fused-ring (bicyclic) bond motifs is 1. The number of benzene rings is 1. The van der Waals surface area contributed by atoms with Gasteiger partial charge in [-0.1, -0.05) is 12.1 Å². The summed E-state index contributed by atoms with van der Waals surface area (Å²) in [6.45, 7) is 0.537. The van der Waals surface area contributed by atoms with Gasteiger partial charge >= 0.3 is 12.8 Å². The Morgan fingerprint density at radius 2 is 1.92 bits per heavy atom. The van der Waals surface area contributed by atoms with Gasteiger partial charge in [-0.3, -0.25) is 0 Å². The maximum absolute atomic E-state index is 13.6. The van der Waals surface area contributed by atoms with E-state index in [1.54, 1.807) is 6.92 Å². The van der Waals surface area contributed by atoms with Gasteiger partial charge in [0.25, 0.3) is 0 Å². The van der Waals surface area contributed by atoms with Gasteiger partial charge in [-0.15, -0.1) is 0 Å². The summed E-state index contributed by atoms with van der Waals surface area (Å²) in [6, 6.07) is 6.30. The molecule has 3 rings (SSSR count). The van der Waals surface area contributed by atoms with Crippen molar-refractivity contribution in [2.45, 2.75) is 33.2 Å². The molecule has 0 spiro atoms. The van der Waals surface area contributed by atoms with E-state index in [0.717, 1.165) is 6.07 Å². The topological polar surface area (TPSA) is 39.9 Å². The van der Waals surface area contributed by atoms with E-state index in [9.17, 15) is 22.0 Å². The first-order valence-electron chi connectivity index (χ1n) is 7.71. The molecule has 138 valence electrons. The van der Waals surface area contributed by atoms with Gasteiger partial charge in [-0.2, -0.15) is 27.1 Å². The molecule has 0 aliphatic heterocycles. The number of hydrogen-bond donors (Lipinski definition) is 0. The van der Waals surface area contributed by atoms with Crippen LogP contribution in [-0.2, 0) is 12.7 Å². The number of aromatic nitrogens is 3. The third-order valence-electron chi connectivity index (χ3n) is 3.84. The van der Waals surface area contributed by atoms with Crippen LogP contribution in [0.15, 0.2) is 30.3 Å². The molecular weight excluding hydrogens is 357 g/mol. The predicted molar refractivity (Wildman–Crippen MR) is 85.0 cm³/mol. The van der Waals surface area contributed by atoms with Crippen LogP contribution >= 0.6 is 0 Å². The van der Waals surface area contributed by atoms with Crippen molar-refractivity contribution in [1.82, 2.24) is 14.8 Å². The number of pyridine rings is 1. The predicted octanol–water partition coefficient (Wildman–Crippen LogP) is 5.05. The molecule has 2 aromatic heterocycles. The Morgan fingerprint density at radius 1 is 1.19 bits per heavy atom. The fourth-order valence-corrected chi connectivity index (χ4v) is 2.78. The highest BCUT2D eigenvalue weighted by Gasteiger charge is 2.35. The highest BCUT2D eigenvalue weighted by Crippen LogP contribution is 2.38. The van der Waals surface area contributed by atoms with Crippen molar-refractivity contribution < 1.29 is 26.7 Å². The van der Waals surface area contributed by atoms with Crippen LogP contribution in [0.4, 0.5) is 22.0 Å². The van der Waals surface area contributed by atoms with Crippen LogP contribution in [0.3, 0.4) is 0 Å². The van der Waals surface area contributed by atoms with Crippen molar-refractivity contribution in [1.29, 1.82) is 0 Å². The van der Waals surface area contributed by atoms with Crippen molar-refractivity contribution in [3.05, 3.63) is 41.6 Å². The summed E-state index contributed by atoms with van der Waals surface area (Å²) in [6.07, 6.45) is -4.61. The fraction of sp³-hybridized carbons (Fsp3) is 0.294. The number of nitrogens with zero attached hydrogens (tertiary/aromatic N) is 3. The summed E-state index contributed by atoms with van der Waals surface area (Å²) in [4.78, 5) is 4.29. The van der Waals surface area contributed by atoms with Gasteiger partial charge in [0.2, 0.25) is 0 Å². The Kier molecular flexibility index (Phi) is 4.55. The Labute approximate surface area is 145 Å². The molecule has 3 aromatic rings. The second-order valence-electron chi connectivity index (χ2n) is 5.56. The third kappa shape index (κ3) is 3.33. The summed E-state index contributed by atoms with van der Waals surface area (Å²) in [5.41, 5.74) is -0.316.